The third kappa shape index (κ3) is 5.98. The van der Waals surface area contributed by atoms with E-state index in [9.17, 15) is 29.9 Å². The highest BCUT2D eigenvalue weighted by molar-refractivity contribution is 5.86. The summed E-state index contributed by atoms with van der Waals surface area (Å²) in [6.45, 7) is 0.241. The van der Waals surface area contributed by atoms with E-state index in [4.69, 9.17) is 9.68 Å². The van der Waals surface area contributed by atoms with Crippen molar-refractivity contribution in [1.29, 1.82) is 0 Å². The second-order valence-electron chi connectivity index (χ2n) is 5.19. The van der Waals surface area contributed by atoms with Gasteiger partial charge < -0.3 is 24.9 Å². The van der Waals surface area contributed by atoms with Crippen molar-refractivity contribution >= 4 is 18.1 Å². The summed E-state index contributed by atoms with van der Waals surface area (Å²) < 4.78 is 0. The minimum absolute atomic E-state index is 0.0482. The third-order valence-corrected chi connectivity index (χ3v) is 3.11. The molecule has 28 heavy (non-hydrogen) atoms. The van der Waals surface area contributed by atoms with Crippen molar-refractivity contribution < 1.29 is 24.8 Å². The Balaban J connectivity index is 1.75. The number of aromatic hydroxyl groups is 2. The van der Waals surface area contributed by atoms with Gasteiger partial charge in [0.15, 0.2) is 11.5 Å². The summed E-state index contributed by atoms with van der Waals surface area (Å²) in [6.07, 6.45) is 2.55. The van der Waals surface area contributed by atoms with Gasteiger partial charge in [0, 0.05) is 12.5 Å². The van der Waals surface area contributed by atoms with Crippen molar-refractivity contribution in [1.82, 2.24) is 9.97 Å². The van der Waals surface area contributed by atoms with Gasteiger partial charge in [0.1, 0.15) is 13.2 Å². The summed E-state index contributed by atoms with van der Waals surface area (Å²) in [5, 5.41) is 36.7. The largest absolute Gasteiger partial charge is 0.504 e. The molecule has 13 heteroatoms. The predicted octanol–water partition coefficient (Wildman–Crippen LogP) is 0.174. The van der Waals surface area contributed by atoms with Gasteiger partial charge in [0.25, 0.3) is 11.2 Å². The van der Waals surface area contributed by atoms with Crippen LogP contribution in [0.3, 0.4) is 0 Å². The van der Waals surface area contributed by atoms with Crippen molar-refractivity contribution in [2.75, 3.05) is 13.2 Å². The minimum atomic E-state index is -0.736. The van der Waals surface area contributed by atoms with Gasteiger partial charge >= 0.3 is 5.69 Å². The number of phenols is 2. The molecule has 4 N–H and O–H groups in total. The topological polar surface area (TPSA) is 192 Å². The predicted molar refractivity (Wildman–Crippen MR) is 95.8 cm³/mol. The quantitative estimate of drug-likeness (QED) is 0.152. The highest BCUT2D eigenvalue weighted by Gasteiger charge is 2.16. The number of nitro benzene ring substituents is 1. The van der Waals surface area contributed by atoms with Crippen molar-refractivity contribution in [2.24, 2.45) is 10.3 Å². The normalized spacial score (nSPS) is 11.1. The molecule has 1 aromatic heterocycles. The summed E-state index contributed by atoms with van der Waals surface area (Å²) in [5.41, 5.74) is -1.56. The molecule has 0 unspecified atom stereocenters. The molecule has 0 fully saturated rings. The number of H-pyrrole nitrogens is 2. The Labute approximate surface area is 155 Å². The van der Waals surface area contributed by atoms with E-state index in [0.717, 1.165) is 30.6 Å². The maximum Gasteiger partial charge on any atom is 0.326 e. The Hall–Kier alpha value is -4.16. The van der Waals surface area contributed by atoms with Gasteiger partial charge in [0.2, 0.25) is 0 Å². The fourth-order valence-corrected chi connectivity index (χ4v) is 1.88. The van der Waals surface area contributed by atoms with Crippen molar-refractivity contribution in [3.8, 4) is 11.5 Å². The molecule has 0 saturated carbocycles. The first kappa shape index (κ1) is 20.2. The molecule has 148 valence electrons. The molecule has 0 aliphatic carbocycles. The summed E-state index contributed by atoms with van der Waals surface area (Å²) in [4.78, 5) is 46.4. The van der Waals surface area contributed by atoms with Crippen LogP contribution in [0.5, 0.6) is 11.5 Å². The monoisotopic (exact) mass is 393 g/mol. The van der Waals surface area contributed by atoms with Crippen LogP contribution in [0.2, 0.25) is 0 Å². The van der Waals surface area contributed by atoms with E-state index in [-0.39, 0.29) is 24.5 Å². The van der Waals surface area contributed by atoms with E-state index >= 15 is 0 Å². The zero-order valence-corrected chi connectivity index (χ0v) is 14.2. The van der Waals surface area contributed by atoms with Gasteiger partial charge in [0.05, 0.1) is 34.7 Å². The fourth-order valence-electron chi connectivity index (χ4n) is 1.88. The van der Waals surface area contributed by atoms with Crippen LogP contribution in [0.25, 0.3) is 0 Å². The van der Waals surface area contributed by atoms with E-state index in [1.54, 1.807) is 0 Å². The third-order valence-electron chi connectivity index (χ3n) is 3.11. The van der Waals surface area contributed by atoms with Crippen LogP contribution in [0.15, 0.2) is 38.1 Å². The van der Waals surface area contributed by atoms with E-state index in [1.807, 2.05) is 4.98 Å². The summed E-state index contributed by atoms with van der Waals surface area (Å²) in [5.74, 6) is -1.15. The van der Waals surface area contributed by atoms with Crippen LogP contribution in [-0.4, -0.2) is 50.7 Å². The summed E-state index contributed by atoms with van der Waals surface area (Å²) >= 11 is 0. The van der Waals surface area contributed by atoms with Crippen LogP contribution in [0.4, 0.5) is 5.69 Å². The van der Waals surface area contributed by atoms with Crippen LogP contribution >= 0.6 is 0 Å². The lowest BCUT2D eigenvalue weighted by atomic mass is 10.1. The number of aromatic amines is 2. The Morgan fingerprint density at radius 3 is 2.32 bits per heavy atom. The van der Waals surface area contributed by atoms with Crippen LogP contribution in [-0.2, 0) is 9.68 Å². The number of rotatable bonds is 9. The molecule has 0 radical (unpaired) electrons. The highest BCUT2D eigenvalue weighted by Crippen LogP contribution is 2.31. The number of phenolic OH excluding ortho intramolecular Hbond substituents is 2. The number of nitrogens with one attached hydrogen (secondary N) is 2. The number of oxime groups is 2. The van der Waals surface area contributed by atoms with E-state index in [2.05, 4.69) is 15.3 Å². The molecule has 2 aromatic rings. The maximum atomic E-state index is 11.1. The number of nitrogens with zero attached hydrogens (tertiary/aromatic N) is 3. The number of aromatic nitrogens is 2. The second kappa shape index (κ2) is 9.51. The Morgan fingerprint density at radius 2 is 1.68 bits per heavy atom. The van der Waals surface area contributed by atoms with E-state index in [0.29, 0.717) is 6.42 Å². The molecule has 0 bridgehead atoms. The lowest BCUT2D eigenvalue weighted by Gasteiger charge is -2.02. The fraction of sp³-hybridized carbons (Fsp3) is 0.200. The number of benzene rings is 1. The van der Waals surface area contributed by atoms with Crippen molar-refractivity contribution in [3.63, 3.8) is 0 Å². The second-order valence-corrected chi connectivity index (χ2v) is 5.19. The Bertz CT molecular complexity index is 982. The van der Waals surface area contributed by atoms with Crippen molar-refractivity contribution in [3.05, 3.63) is 60.4 Å². The van der Waals surface area contributed by atoms with Gasteiger partial charge in [-0.2, -0.15) is 0 Å². The molecule has 0 aliphatic rings. The molecule has 13 nitrogen and oxygen atoms in total. The SMILES string of the molecule is O=c1cc(/C=N/OCCCO/N=C/c2cc(O)c(O)cc2[N+](=O)[O-])[nH]c(=O)[nH]1. The van der Waals surface area contributed by atoms with Gasteiger partial charge in [-0.3, -0.25) is 19.9 Å². The Morgan fingerprint density at radius 1 is 1.04 bits per heavy atom. The molecular formula is C15H15N5O8. The smallest absolute Gasteiger partial charge is 0.326 e. The molecule has 0 aliphatic heterocycles. The van der Waals surface area contributed by atoms with E-state index in [1.165, 1.54) is 0 Å². The van der Waals surface area contributed by atoms with E-state index < -0.39 is 33.4 Å². The van der Waals surface area contributed by atoms with Gasteiger partial charge in [-0.1, -0.05) is 10.3 Å². The van der Waals surface area contributed by atoms with Gasteiger partial charge in [-0.05, 0) is 6.07 Å². The first-order chi connectivity index (χ1) is 13.4. The van der Waals surface area contributed by atoms with Gasteiger partial charge in [-0.25, -0.2) is 4.79 Å². The van der Waals surface area contributed by atoms with Crippen LogP contribution in [0, 0.1) is 10.1 Å². The maximum absolute atomic E-state index is 11.1. The van der Waals surface area contributed by atoms with Crippen LogP contribution in [0.1, 0.15) is 17.7 Å². The standard InChI is InChI=1S/C15H15N5O8/c21-12-4-9(11(20(25)26)6-13(12)22)7-16-27-2-1-3-28-17-8-10-5-14(23)19-15(24)18-10/h4-8,21-22H,1-3H2,(H2,18,19,23,24)/b16-7+,17-8+. The molecule has 1 heterocycles. The summed E-state index contributed by atoms with van der Waals surface area (Å²) in [6, 6.07) is 2.92. The molecule has 0 saturated heterocycles. The first-order valence-electron chi connectivity index (χ1n) is 7.71. The zero-order valence-electron chi connectivity index (χ0n) is 14.2. The van der Waals surface area contributed by atoms with Crippen molar-refractivity contribution in [2.45, 2.75) is 6.42 Å². The molecule has 0 atom stereocenters. The molecular weight excluding hydrogens is 378 g/mol. The molecule has 0 spiro atoms. The lowest BCUT2D eigenvalue weighted by Crippen LogP contribution is -2.22. The zero-order chi connectivity index (χ0) is 20.5. The lowest BCUT2D eigenvalue weighted by molar-refractivity contribution is -0.385. The molecule has 0 amide bonds. The van der Waals surface area contributed by atoms with Gasteiger partial charge in [-0.15, -0.1) is 0 Å². The Kier molecular flexibility index (Phi) is 6.85. The minimum Gasteiger partial charge on any atom is -0.504 e. The number of hydrogen-bond acceptors (Lipinski definition) is 10. The molecule has 1 aromatic carbocycles. The number of nitro groups is 1. The number of hydrogen-bond donors (Lipinski definition) is 4. The van der Waals surface area contributed by atoms with Crippen LogP contribution < -0.4 is 11.2 Å². The highest BCUT2D eigenvalue weighted by atomic mass is 16.6. The first-order valence-corrected chi connectivity index (χ1v) is 7.71. The average molecular weight is 393 g/mol. The summed E-state index contributed by atoms with van der Waals surface area (Å²) in [7, 11) is 0. The molecule has 2 rings (SSSR count). The average Bonchev–Trinajstić information content (AvgIpc) is 2.61.